The van der Waals surface area contributed by atoms with Gasteiger partial charge in [0.15, 0.2) is 11.9 Å². The van der Waals surface area contributed by atoms with Crippen LogP contribution in [0.3, 0.4) is 0 Å². The summed E-state index contributed by atoms with van der Waals surface area (Å²) in [4.78, 5) is 16.9. The van der Waals surface area contributed by atoms with E-state index >= 15 is 0 Å². The Morgan fingerprint density at radius 2 is 2.09 bits per heavy atom. The molecule has 1 fully saturated rings. The van der Waals surface area contributed by atoms with Crippen molar-refractivity contribution in [2.75, 3.05) is 0 Å². The predicted octanol–water partition coefficient (Wildman–Crippen LogP) is 3.09. The van der Waals surface area contributed by atoms with Gasteiger partial charge in [0.05, 0.1) is 6.20 Å². The molecule has 114 valence electrons. The lowest BCUT2D eigenvalue weighted by atomic mass is 9.75. The number of ketones is 1. The van der Waals surface area contributed by atoms with Gasteiger partial charge in [0.2, 0.25) is 0 Å². The molecule has 0 spiro atoms. The van der Waals surface area contributed by atoms with Crippen molar-refractivity contribution in [3.05, 3.63) is 59.4 Å². The highest BCUT2D eigenvalue weighted by molar-refractivity contribution is 6.31. The average Bonchev–Trinajstić information content (AvgIpc) is 2.53. The molecule has 1 aliphatic carbocycles. The summed E-state index contributed by atoms with van der Waals surface area (Å²) in [5.41, 5.74) is 6.01. The third-order valence-electron chi connectivity index (χ3n) is 4.04. The molecule has 2 aromatic rings. The Balaban J connectivity index is 1.88. The smallest absolute Gasteiger partial charge is 0.197 e. The Bertz CT molecular complexity index is 677. The van der Waals surface area contributed by atoms with Gasteiger partial charge in [-0.15, -0.1) is 0 Å². The van der Waals surface area contributed by atoms with Crippen molar-refractivity contribution in [2.24, 2.45) is 5.73 Å². The monoisotopic (exact) mass is 316 g/mol. The minimum Gasteiger partial charge on any atom is -0.481 e. The van der Waals surface area contributed by atoms with Crippen LogP contribution in [0.2, 0.25) is 5.02 Å². The molecule has 1 aromatic carbocycles. The molecule has 0 saturated heterocycles. The summed E-state index contributed by atoms with van der Waals surface area (Å²) in [6.07, 6.45) is 4.71. The Morgan fingerprint density at radius 3 is 2.82 bits per heavy atom. The van der Waals surface area contributed by atoms with Crippen molar-refractivity contribution in [2.45, 2.75) is 30.9 Å². The molecule has 1 aliphatic rings. The highest BCUT2D eigenvalue weighted by Gasteiger charge is 2.45. The van der Waals surface area contributed by atoms with Gasteiger partial charge >= 0.3 is 0 Å². The average molecular weight is 317 g/mol. The largest absolute Gasteiger partial charge is 0.481 e. The van der Waals surface area contributed by atoms with Crippen LogP contribution in [0.15, 0.2) is 48.8 Å². The van der Waals surface area contributed by atoms with E-state index in [1.165, 1.54) is 0 Å². The minimum absolute atomic E-state index is 0.129. The number of nitrogens with zero attached hydrogens (tertiary/aromatic N) is 1. The second kappa shape index (κ2) is 6.07. The van der Waals surface area contributed by atoms with E-state index < -0.39 is 11.6 Å². The van der Waals surface area contributed by atoms with Crippen LogP contribution in [0, 0.1) is 0 Å². The number of carbonyl (C=O) groups excluding carboxylic acids is 1. The molecule has 2 unspecified atom stereocenters. The summed E-state index contributed by atoms with van der Waals surface area (Å²) in [5.74, 6) is 0.444. The molecule has 2 atom stereocenters. The number of benzene rings is 1. The van der Waals surface area contributed by atoms with E-state index in [0.717, 1.165) is 6.42 Å². The van der Waals surface area contributed by atoms with Crippen LogP contribution in [0.5, 0.6) is 5.75 Å². The fourth-order valence-electron chi connectivity index (χ4n) is 2.89. The molecule has 1 saturated carbocycles. The molecule has 4 nitrogen and oxygen atoms in total. The summed E-state index contributed by atoms with van der Waals surface area (Å²) < 4.78 is 5.79. The first-order valence-corrected chi connectivity index (χ1v) is 7.64. The second-order valence-corrected chi connectivity index (χ2v) is 5.91. The fraction of sp³-hybridized carbons (Fsp3) is 0.294. The number of aromatic nitrogens is 1. The summed E-state index contributed by atoms with van der Waals surface area (Å²) in [6, 6.07) is 10.8. The number of Topliss-reactive ketones (excluding diaryl/α,β-unsaturated/α-hetero) is 1. The SMILES string of the molecule is NC1(c2ccccc2Cl)CCCC(Oc2cccnc2)C1=O. The van der Waals surface area contributed by atoms with Gasteiger partial charge in [0.1, 0.15) is 11.3 Å². The van der Waals surface area contributed by atoms with Gasteiger partial charge in [0, 0.05) is 11.2 Å². The molecule has 2 N–H and O–H groups in total. The predicted molar refractivity (Wildman–Crippen MR) is 84.8 cm³/mol. The number of hydrogen-bond acceptors (Lipinski definition) is 4. The molecule has 0 aliphatic heterocycles. The number of rotatable bonds is 3. The summed E-state index contributed by atoms with van der Waals surface area (Å²) in [6.45, 7) is 0. The number of hydrogen-bond donors (Lipinski definition) is 1. The van der Waals surface area contributed by atoms with E-state index in [-0.39, 0.29) is 5.78 Å². The van der Waals surface area contributed by atoms with E-state index in [0.29, 0.717) is 29.2 Å². The van der Waals surface area contributed by atoms with E-state index in [4.69, 9.17) is 22.1 Å². The zero-order valence-electron chi connectivity index (χ0n) is 12.0. The quantitative estimate of drug-likeness (QED) is 0.945. The minimum atomic E-state index is -1.09. The Hall–Kier alpha value is -1.91. The molecular formula is C17H17ClN2O2. The van der Waals surface area contributed by atoms with Crippen LogP contribution >= 0.6 is 11.6 Å². The maximum Gasteiger partial charge on any atom is 0.197 e. The third kappa shape index (κ3) is 2.72. The molecule has 1 heterocycles. The van der Waals surface area contributed by atoms with Crippen molar-refractivity contribution in [3.8, 4) is 5.75 Å². The molecular weight excluding hydrogens is 300 g/mol. The van der Waals surface area contributed by atoms with E-state index in [9.17, 15) is 4.79 Å². The lowest BCUT2D eigenvalue weighted by molar-refractivity contribution is -0.134. The Kier molecular flexibility index (Phi) is 4.14. The fourth-order valence-corrected chi connectivity index (χ4v) is 3.20. The van der Waals surface area contributed by atoms with Crippen LogP contribution in [0.1, 0.15) is 24.8 Å². The zero-order chi connectivity index (χ0) is 15.6. The van der Waals surface area contributed by atoms with Gasteiger partial charge in [-0.25, -0.2) is 0 Å². The van der Waals surface area contributed by atoms with Crippen molar-refractivity contribution >= 4 is 17.4 Å². The number of halogens is 1. The lowest BCUT2D eigenvalue weighted by Gasteiger charge is -2.37. The first kappa shape index (κ1) is 15.0. The molecule has 5 heteroatoms. The number of ether oxygens (including phenoxy) is 1. The maximum absolute atomic E-state index is 12.9. The topological polar surface area (TPSA) is 65.2 Å². The van der Waals surface area contributed by atoms with E-state index in [1.807, 2.05) is 18.2 Å². The van der Waals surface area contributed by atoms with Gasteiger partial charge in [-0.05, 0) is 43.0 Å². The highest BCUT2D eigenvalue weighted by atomic mass is 35.5. The van der Waals surface area contributed by atoms with Gasteiger partial charge in [-0.1, -0.05) is 29.8 Å². The van der Waals surface area contributed by atoms with Crippen molar-refractivity contribution in [1.82, 2.24) is 4.98 Å². The molecule has 0 radical (unpaired) electrons. The molecule has 0 bridgehead atoms. The van der Waals surface area contributed by atoms with Crippen LogP contribution in [-0.4, -0.2) is 16.9 Å². The van der Waals surface area contributed by atoms with Crippen molar-refractivity contribution in [1.29, 1.82) is 0 Å². The van der Waals surface area contributed by atoms with E-state index in [1.54, 1.807) is 30.6 Å². The maximum atomic E-state index is 12.9. The Labute approximate surface area is 134 Å². The van der Waals surface area contributed by atoms with Crippen molar-refractivity contribution < 1.29 is 9.53 Å². The van der Waals surface area contributed by atoms with Crippen molar-refractivity contribution in [3.63, 3.8) is 0 Å². The molecule has 0 amide bonds. The van der Waals surface area contributed by atoms with Crippen LogP contribution in [-0.2, 0) is 10.3 Å². The van der Waals surface area contributed by atoms with Gasteiger partial charge in [-0.2, -0.15) is 0 Å². The van der Waals surface area contributed by atoms with Gasteiger partial charge < -0.3 is 10.5 Å². The number of carbonyl (C=O) groups is 1. The highest BCUT2D eigenvalue weighted by Crippen LogP contribution is 2.37. The summed E-state index contributed by atoms with van der Waals surface area (Å²) in [7, 11) is 0. The molecule has 22 heavy (non-hydrogen) atoms. The first-order valence-electron chi connectivity index (χ1n) is 7.26. The van der Waals surface area contributed by atoms with Gasteiger partial charge in [0.25, 0.3) is 0 Å². The van der Waals surface area contributed by atoms with Crippen LogP contribution in [0.25, 0.3) is 0 Å². The first-order chi connectivity index (χ1) is 10.6. The van der Waals surface area contributed by atoms with Crippen LogP contribution in [0.4, 0.5) is 0 Å². The molecule has 3 rings (SSSR count). The standard InChI is InChI=1S/C17H17ClN2O2/c18-14-7-2-1-6-13(14)17(19)9-3-8-15(16(17)21)22-12-5-4-10-20-11-12/h1-2,4-7,10-11,15H,3,8-9,19H2. The van der Waals surface area contributed by atoms with Crippen LogP contribution < -0.4 is 10.5 Å². The third-order valence-corrected chi connectivity index (χ3v) is 4.37. The normalized spacial score (nSPS) is 25.0. The Morgan fingerprint density at radius 1 is 1.27 bits per heavy atom. The lowest BCUT2D eigenvalue weighted by Crippen LogP contribution is -2.54. The van der Waals surface area contributed by atoms with Gasteiger partial charge in [-0.3, -0.25) is 9.78 Å². The number of nitrogens with two attached hydrogens (primary N) is 1. The molecule has 1 aromatic heterocycles. The summed E-state index contributed by atoms with van der Waals surface area (Å²) >= 11 is 6.24. The zero-order valence-corrected chi connectivity index (χ0v) is 12.8. The summed E-state index contributed by atoms with van der Waals surface area (Å²) in [5, 5.41) is 0.514. The van der Waals surface area contributed by atoms with E-state index in [2.05, 4.69) is 4.98 Å². The second-order valence-electron chi connectivity index (χ2n) is 5.50. The number of pyridine rings is 1.